The second-order valence-electron chi connectivity index (χ2n) is 4.70. The smallest absolute Gasteiger partial charge is 0.258 e. The Morgan fingerprint density at radius 3 is 2.75 bits per heavy atom. The van der Waals surface area contributed by atoms with E-state index >= 15 is 0 Å². The summed E-state index contributed by atoms with van der Waals surface area (Å²) in [5.74, 6) is -1.16. The molecule has 1 aliphatic heterocycles. The number of nitrogens with two attached hydrogens (primary N) is 1. The number of carbonyl (C=O) groups excluding carboxylic acids is 1. The SMILES string of the molecule is NS(=O)(=O)C1CCCN(C(=O)c2c(F)cccc2Br)C1. The summed E-state index contributed by atoms with van der Waals surface area (Å²) in [6.07, 6.45) is 0.944. The number of rotatable bonds is 2. The van der Waals surface area contributed by atoms with Gasteiger partial charge in [0, 0.05) is 17.6 Å². The van der Waals surface area contributed by atoms with Crippen LogP contribution in [0, 0.1) is 5.82 Å². The van der Waals surface area contributed by atoms with Crippen molar-refractivity contribution in [3.63, 3.8) is 0 Å². The van der Waals surface area contributed by atoms with Crippen molar-refractivity contribution in [2.24, 2.45) is 5.14 Å². The van der Waals surface area contributed by atoms with Crippen molar-refractivity contribution >= 4 is 31.9 Å². The minimum absolute atomic E-state index is 0.00155. The molecule has 0 radical (unpaired) electrons. The fraction of sp³-hybridized carbons (Fsp3) is 0.417. The van der Waals surface area contributed by atoms with Crippen molar-refractivity contribution in [3.05, 3.63) is 34.1 Å². The predicted molar refractivity (Wildman–Crippen MR) is 76.1 cm³/mol. The van der Waals surface area contributed by atoms with Crippen LogP contribution in [-0.4, -0.2) is 37.6 Å². The number of halogens is 2. The number of benzene rings is 1. The standard InChI is InChI=1S/C12H14BrFN2O3S/c13-9-4-1-5-10(14)11(9)12(17)16-6-2-3-8(7-16)20(15,18)19/h1,4-5,8H,2-3,6-7H2,(H2,15,18,19). The third-order valence-corrected chi connectivity index (χ3v) is 5.28. The molecule has 0 spiro atoms. The first kappa shape index (κ1) is 15.4. The first-order valence-corrected chi connectivity index (χ1v) is 8.46. The van der Waals surface area contributed by atoms with Gasteiger partial charge in [-0.1, -0.05) is 6.07 Å². The lowest BCUT2D eigenvalue weighted by Crippen LogP contribution is -2.47. The maximum absolute atomic E-state index is 13.8. The summed E-state index contributed by atoms with van der Waals surface area (Å²) in [7, 11) is -3.69. The van der Waals surface area contributed by atoms with Crippen LogP contribution in [0.5, 0.6) is 0 Å². The molecule has 1 atom stereocenters. The monoisotopic (exact) mass is 364 g/mol. The Labute approximate surface area is 125 Å². The summed E-state index contributed by atoms with van der Waals surface area (Å²) in [6, 6.07) is 4.25. The highest BCUT2D eigenvalue weighted by Crippen LogP contribution is 2.24. The molecule has 0 saturated carbocycles. The number of piperidine rings is 1. The maximum Gasteiger partial charge on any atom is 0.258 e. The fourth-order valence-electron chi connectivity index (χ4n) is 2.25. The summed E-state index contributed by atoms with van der Waals surface area (Å²) >= 11 is 3.14. The van der Waals surface area contributed by atoms with Crippen LogP contribution in [0.15, 0.2) is 22.7 Å². The van der Waals surface area contributed by atoms with Crippen molar-refractivity contribution in [3.8, 4) is 0 Å². The van der Waals surface area contributed by atoms with E-state index in [0.29, 0.717) is 23.9 Å². The zero-order valence-electron chi connectivity index (χ0n) is 10.6. The van der Waals surface area contributed by atoms with Crippen molar-refractivity contribution in [1.82, 2.24) is 4.90 Å². The van der Waals surface area contributed by atoms with Crippen molar-refractivity contribution in [2.75, 3.05) is 13.1 Å². The minimum Gasteiger partial charge on any atom is -0.337 e. The molecule has 20 heavy (non-hydrogen) atoms. The Hall–Kier alpha value is -0.990. The van der Waals surface area contributed by atoms with Crippen LogP contribution in [0.1, 0.15) is 23.2 Å². The lowest BCUT2D eigenvalue weighted by molar-refractivity contribution is 0.0721. The van der Waals surface area contributed by atoms with Gasteiger partial charge >= 0.3 is 0 Å². The Morgan fingerprint density at radius 2 is 2.15 bits per heavy atom. The molecule has 1 heterocycles. The Bertz CT molecular complexity index is 615. The van der Waals surface area contributed by atoms with Crippen LogP contribution in [0.3, 0.4) is 0 Å². The first-order valence-electron chi connectivity index (χ1n) is 6.05. The lowest BCUT2D eigenvalue weighted by Gasteiger charge is -2.31. The Balaban J connectivity index is 2.26. The summed E-state index contributed by atoms with van der Waals surface area (Å²) < 4.78 is 36.9. The van der Waals surface area contributed by atoms with Gasteiger partial charge in [0.1, 0.15) is 5.82 Å². The molecule has 5 nitrogen and oxygen atoms in total. The highest BCUT2D eigenvalue weighted by molar-refractivity contribution is 9.10. The number of likely N-dealkylation sites (tertiary alicyclic amines) is 1. The number of carbonyl (C=O) groups is 1. The van der Waals surface area contributed by atoms with Crippen molar-refractivity contribution in [2.45, 2.75) is 18.1 Å². The zero-order valence-corrected chi connectivity index (χ0v) is 13.0. The molecule has 1 aliphatic rings. The molecule has 8 heteroatoms. The van der Waals surface area contributed by atoms with Gasteiger partial charge in [-0.3, -0.25) is 4.79 Å². The van der Waals surface area contributed by atoms with E-state index in [-0.39, 0.29) is 12.1 Å². The quantitative estimate of drug-likeness (QED) is 0.862. The Morgan fingerprint density at radius 1 is 1.45 bits per heavy atom. The van der Waals surface area contributed by atoms with E-state index in [1.165, 1.54) is 17.0 Å². The van der Waals surface area contributed by atoms with Crippen LogP contribution >= 0.6 is 15.9 Å². The summed E-state index contributed by atoms with van der Waals surface area (Å²) in [4.78, 5) is 13.7. The first-order chi connectivity index (χ1) is 9.30. The van der Waals surface area contributed by atoms with Gasteiger partial charge in [0.15, 0.2) is 0 Å². The van der Waals surface area contributed by atoms with Gasteiger partial charge in [0.2, 0.25) is 10.0 Å². The number of sulfonamides is 1. The molecule has 1 saturated heterocycles. The second kappa shape index (κ2) is 5.79. The fourth-order valence-corrected chi connectivity index (χ4v) is 3.65. The topological polar surface area (TPSA) is 80.5 Å². The normalized spacial score (nSPS) is 19.9. The van der Waals surface area contributed by atoms with Crippen LogP contribution < -0.4 is 5.14 Å². The molecule has 110 valence electrons. The lowest BCUT2D eigenvalue weighted by atomic mass is 10.1. The van der Waals surface area contributed by atoms with Crippen LogP contribution in [0.25, 0.3) is 0 Å². The van der Waals surface area contributed by atoms with E-state index in [1.807, 2.05) is 0 Å². The van der Waals surface area contributed by atoms with Crippen LogP contribution in [0.2, 0.25) is 0 Å². The van der Waals surface area contributed by atoms with Gasteiger partial charge in [-0.05, 0) is 40.9 Å². The summed E-state index contributed by atoms with van der Waals surface area (Å²) in [5.41, 5.74) is -0.0810. The van der Waals surface area contributed by atoms with Gasteiger partial charge in [-0.15, -0.1) is 0 Å². The largest absolute Gasteiger partial charge is 0.337 e. The number of amides is 1. The van der Waals surface area contributed by atoms with E-state index < -0.39 is 27.0 Å². The predicted octanol–water partition coefficient (Wildman–Crippen LogP) is 1.48. The minimum atomic E-state index is -3.69. The van der Waals surface area contributed by atoms with E-state index in [0.717, 1.165) is 0 Å². The van der Waals surface area contributed by atoms with Gasteiger partial charge < -0.3 is 4.90 Å². The van der Waals surface area contributed by atoms with E-state index in [9.17, 15) is 17.6 Å². The zero-order chi connectivity index (χ0) is 14.9. The van der Waals surface area contributed by atoms with E-state index in [4.69, 9.17) is 5.14 Å². The van der Waals surface area contributed by atoms with Crippen molar-refractivity contribution in [1.29, 1.82) is 0 Å². The highest BCUT2D eigenvalue weighted by atomic mass is 79.9. The van der Waals surface area contributed by atoms with E-state index in [1.54, 1.807) is 6.07 Å². The van der Waals surface area contributed by atoms with Gasteiger partial charge in [0.05, 0.1) is 10.8 Å². The molecule has 0 bridgehead atoms. The molecule has 2 rings (SSSR count). The summed E-state index contributed by atoms with van der Waals surface area (Å²) in [6.45, 7) is 0.393. The molecule has 1 unspecified atom stereocenters. The number of hydrogen-bond acceptors (Lipinski definition) is 3. The average Bonchev–Trinajstić information content (AvgIpc) is 2.37. The molecular weight excluding hydrogens is 351 g/mol. The van der Waals surface area contributed by atoms with Gasteiger partial charge in [-0.25, -0.2) is 17.9 Å². The van der Waals surface area contributed by atoms with Crippen molar-refractivity contribution < 1.29 is 17.6 Å². The second-order valence-corrected chi connectivity index (χ2v) is 7.40. The van der Waals surface area contributed by atoms with Gasteiger partial charge in [0.25, 0.3) is 5.91 Å². The van der Waals surface area contributed by atoms with Crippen LogP contribution in [-0.2, 0) is 10.0 Å². The third kappa shape index (κ3) is 3.18. The molecule has 2 N–H and O–H groups in total. The molecular formula is C12H14BrFN2O3S. The van der Waals surface area contributed by atoms with Gasteiger partial charge in [-0.2, -0.15) is 0 Å². The number of hydrogen-bond donors (Lipinski definition) is 1. The molecule has 1 fully saturated rings. The maximum atomic E-state index is 13.8. The molecule has 1 aromatic carbocycles. The number of primary sulfonamides is 1. The van der Waals surface area contributed by atoms with Crippen LogP contribution in [0.4, 0.5) is 4.39 Å². The highest BCUT2D eigenvalue weighted by Gasteiger charge is 2.32. The molecule has 0 aromatic heterocycles. The Kier molecular flexibility index (Phi) is 4.46. The molecule has 1 amide bonds. The average molecular weight is 365 g/mol. The molecule has 1 aromatic rings. The third-order valence-electron chi connectivity index (χ3n) is 3.31. The number of nitrogens with zero attached hydrogens (tertiary/aromatic N) is 1. The molecule has 0 aliphatic carbocycles. The summed E-state index contributed by atoms with van der Waals surface area (Å²) in [5, 5.41) is 4.34. The van der Waals surface area contributed by atoms with E-state index in [2.05, 4.69) is 15.9 Å².